The summed E-state index contributed by atoms with van der Waals surface area (Å²) in [4.78, 5) is 14.1. The SMILES string of the molecule is Cc1nnc(SCCCNC(=O)C[C@@H]2CCCN2C)s1. The summed E-state index contributed by atoms with van der Waals surface area (Å²) in [5.41, 5.74) is 0. The molecule has 1 N–H and O–H groups in total. The lowest BCUT2D eigenvalue weighted by Crippen LogP contribution is -2.33. The van der Waals surface area contributed by atoms with Crippen LogP contribution in [0.4, 0.5) is 0 Å². The molecular formula is C13H22N4OS2. The van der Waals surface area contributed by atoms with E-state index in [2.05, 4.69) is 27.5 Å². The number of aromatic nitrogens is 2. The Bertz CT molecular complexity index is 438. The van der Waals surface area contributed by atoms with Crippen LogP contribution < -0.4 is 5.32 Å². The van der Waals surface area contributed by atoms with Gasteiger partial charge < -0.3 is 10.2 Å². The van der Waals surface area contributed by atoms with Crippen molar-refractivity contribution in [3.05, 3.63) is 5.01 Å². The summed E-state index contributed by atoms with van der Waals surface area (Å²) < 4.78 is 1.02. The number of hydrogen-bond donors (Lipinski definition) is 1. The highest BCUT2D eigenvalue weighted by atomic mass is 32.2. The van der Waals surface area contributed by atoms with E-state index in [0.717, 1.165) is 41.0 Å². The van der Waals surface area contributed by atoms with Crippen LogP contribution in [0.15, 0.2) is 4.34 Å². The molecule has 1 fully saturated rings. The molecular weight excluding hydrogens is 292 g/mol. The Morgan fingerprint density at radius 1 is 1.55 bits per heavy atom. The Labute approximate surface area is 128 Å². The highest BCUT2D eigenvalue weighted by Gasteiger charge is 2.22. The van der Waals surface area contributed by atoms with Gasteiger partial charge in [-0.1, -0.05) is 23.1 Å². The number of nitrogens with zero attached hydrogens (tertiary/aromatic N) is 3. The van der Waals surface area contributed by atoms with Gasteiger partial charge in [0.2, 0.25) is 5.91 Å². The van der Waals surface area contributed by atoms with Crippen LogP contribution >= 0.6 is 23.1 Å². The van der Waals surface area contributed by atoms with Gasteiger partial charge in [-0.05, 0) is 39.8 Å². The Morgan fingerprint density at radius 2 is 2.40 bits per heavy atom. The lowest BCUT2D eigenvalue weighted by molar-refractivity contribution is -0.122. The van der Waals surface area contributed by atoms with Gasteiger partial charge in [0, 0.05) is 24.8 Å². The summed E-state index contributed by atoms with van der Waals surface area (Å²) in [6, 6.07) is 0.439. The Morgan fingerprint density at radius 3 is 3.05 bits per heavy atom. The van der Waals surface area contributed by atoms with E-state index in [9.17, 15) is 4.79 Å². The molecule has 1 aromatic rings. The maximum Gasteiger partial charge on any atom is 0.221 e. The van der Waals surface area contributed by atoms with Crippen LogP contribution in [0.2, 0.25) is 0 Å². The lowest BCUT2D eigenvalue weighted by Gasteiger charge is -2.18. The van der Waals surface area contributed by atoms with Gasteiger partial charge in [-0.25, -0.2) is 0 Å². The average molecular weight is 314 g/mol. The number of thioether (sulfide) groups is 1. The molecule has 0 aromatic carbocycles. The van der Waals surface area contributed by atoms with Crippen LogP contribution in [0.5, 0.6) is 0 Å². The molecule has 20 heavy (non-hydrogen) atoms. The molecule has 112 valence electrons. The molecule has 5 nitrogen and oxygen atoms in total. The van der Waals surface area contributed by atoms with Gasteiger partial charge in [-0.15, -0.1) is 10.2 Å². The molecule has 0 aliphatic carbocycles. The number of carbonyl (C=O) groups excluding carboxylic acids is 1. The van der Waals surface area contributed by atoms with Crippen molar-refractivity contribution in [2.75, 3.05) is 25.9 Å². The van der Waals surface area contributed by atoms with Crippen LogP contribution in [-0.2, 0) is 4.79 Å². The largest absolute Gasteiger partial charge is 0.356 e. The zero-order valence-electron chi connectivity index (χ0n) is 12.1. The average Bonchev–Trinajstić information content (AvgIpc) is 2.99. The topological polar surface area (TPSA) is 58.1 Å². The summed E-state index contributed by atoms with van der Waals surface area (Å²) >= 11 is 3.33. The van der Waals surface area contributed by atoms with Crippen LogP contribution in [0.3, 0.4) is 0 Å². The molecule has 1 aliphatic heterocycles. The summed E-state index contributed by atoms with van der Waals surface area (Å²) in [7, 11) is 2.10. The van der Waals surface area contributed by atoms with Gasteiger partial charge in [-0.2, -0.15) is 0 Å². The molecule has 1 aromatic heterocycles. The second-order valence-corrected chi connectivity index (χ2v) is 7.64. The van der Waals surface area contributed by atoms with Crippen molar-refractivity contribution in [2.45, 2.75) is 43.0 Å². The molecule has 0 spiro atoms. The minimum Gasteiger partial charge on any atom is -0.356 e. The highest BCUT2D eigenvalue weighted by molar-refractivity contribution is 8.01. The Hall–Kier alpha value is -0.660. The van der Waals surface area contributed by atoms with E-state index in [-0.39, 0.29) is 5.91 Å². The quantitative estimate of drug-likeness (QED) is 0.615. The molecule has 2 heterocycles. The van der Waals surface area contributed by atoms with E-state index in [1.807, 2.05) is 6.92 Å². The molecule has 0 unspecified atom stereocenters. The first-order chi connectivity index (χ1) is 9.65. The van der Waals surface area contributed by atoms with Crippen LogP contribution in [0.25, 0.3) is 0 Å². The first kappa shape index (κ1) is 15.7. The molecule has 2 rings (SSSR count). The van der Waals surface area contributed by atoms with Crippen molar-refractivity contribution >= 4 is 29.0 Å². The van der Waals surface area contributed by atoms with Crippen molar-refractivity contribution in [2.24, 2.45) is 0 Å². The Kier molecular flexibility index (Phi) is 6.25. The van der Waals surface area contributed by atoms with Crippen LogP contribution in [-0.4, -0.2) is 52.9 Å². The third kappa shape index (κ3) is 5.03. The number of hydrogen-bond acceptors (Lipinski definition) is 6. The van der Waals surface area contributed by atoms with E-state index in [1.165, 1.54) is 6.42 Å². The molecule has 1 saturated heterocycles. The summed E-state index contributed by atoms with van der Waals surface area (Å²) in [5.74, 6) is 1.15. The standard InChI is InChI=1S/C13H22N4OS2/c1-10-15-16-13(20-10)19-8-4-6-14-12(18)9-11-5-3-7-17(11)2/h11H,3-9H2,1-2H3,(H,14,18)/t11-/m0/s1. The molecule has 1 atom stereocenters. The fourth-order valence-electron chi connectivity index (χ4n) is 2.32. The van der Waals surface area contributed by atoms with Gasteiger partial charge in [0.15, 0.2) is 4.34 Å². The number of amides is 1. The van der Waals surface area contributed by atoms with Gasteiger partial charge in [0.05, 0.1) is 0 Å². The van der Waals surface area contributed by atoms with Crippen molar-refractivity contribution in [1.29, 1.82) is 0 Å². The first-order valence-electron chi connectivity index (χ1n) is 7.05. The predicted octanol–water partition coefficient (Wildman–Crippen LogP) is 1.93. The summed E-state index contributed by atoms with van der Waals surface area (Å²) in [6.45, 7) is 3.83. The predicted molar refractivity (Wildman–Crippen MR) is 83.3 cm³/mol. The van der Waals surface area contributed by atoms with Gasteiger partial charge in [0.25, 0.3) is 0 Å². The molecule has 1 amide bonds. The Balaban J connectivity index is 1.53. The maximum absolute atomic E-state index is 11.8. The van der Waals surface area contributed by atoms with E-state index < -0.39 is 0 Å². The van der Waals surface area contributed by atoms with Gasteiger partial charge >= 0.3 is 0 Å². The van der Waals surface area contributed by atoms with Crippen molar-refractivity contribution < 1.29 is 4.79 Å². The third-order valence-corrected chi connectivity index (χ3v) is 5.53. The van der Waals surface area contributed by atoms with Gasteiger partial charge in [0.1, 0.15) is 5.01 Å². The zero-order valence-corrected chi connectivity index (χ0v) is 13.7. The second kappa shape index (κ2) is 7.95. The van der Waals surface area contributed by atoms with E-state index in [1.54, 1.807) is 23.1 Å². The van der Waals surface area contributed by atoms with E-state index in [0.29, 0.717) is 12.5 Å². The smallest absolute Gasteiger partial charge is 0.221 e. The minimum absolute atomic E-state index is 0.181. The molecule has 7 heteroatoms. The zero-order chi connectivity index (χ0) is 14.4. The first-order valence-corrected chi connectivity index (χ1v) is 8.85. The van der Waals surface area contributed by atoms with Crippen molar-refractivity contribution in [3.8, 4) is 0 Å². The summed E-state index contributed by atoms with van der Waals surface area (Å²) in [5, 5.41) is 12.1. The van der Waals surface area contributed by atoms with E-state index >= 15 is 0 Å². The number of likely N-dealkylation sites (tertiary alicyclic amines) is 1. The minimum atomic E-state index is 0.181. The summed E-state index contributed by atoms with van der Waals surface area (Å²) in [6.07, 6.45) is 3.97. The van der Waals surface area contributed by atoms with Crippen LogP contribution in [0, 0.1) is 6.92 Å². The fraction of sp³-hybridized carbons (Fsp3) is 0.769. The molecule has 0 saturated carbocycles. The fourth-order valence-corrected chi connectivity index (χ4v) is 4.14. The monoisotopic (exact) mass is 314 g/mol. The van der Waals surface area contributed by atoms with E-state index in [4.69, 9.17) is 0 Å². The molecule has 0 radical (unpaired) electrons. The number of nitrogens with one attached hydrogen (secondary N) is 1. The maximum atomic E-state index is 11.8. The highest BCUT2D eigenvalue weighted by Crippen LogP contribution is 2.22. The van der Waals surface area contributed by atoms with Crippen molar-refractivity contribution in [3.63, 3.8) is 0 Å². The molecule has 1 aliphatic rings. The van der Waals surface area contributed by atoms with Crippen LogP contribution in [0.1, 0.15) is 30.7 Å². The normalized spacial score (nSPS) is 19.4. The number of aryl methyl sites for hydroxylation is 1. The number of rotatable bonds is 7. The number of carbonyl (C=O) groups is 1. The third-order valence-electron chi connectivity index (χ3n) is 3.47. The van der Waals surface area contributed by atoms with Crippen molar-refractivity contribution in [1.82, 2.24) is 20.4 Å². The lowest BCUT2D eigenvalue weighted by atomic mass is 10.1. The second-order valence-electron chi connectivity index (χ2n) is 5.12. The molecule has 0 bridgehead atoms. The van der Waals surface area contributed by atoms with Gasteiger partial charge in [-0.3, -0.25) is 4.79 Å².